The van der Waals surface area contributed by atoms with Crippen LogP contribution in [-0.4, -0.2) is 113 Å². The lowest BCUT2D eigenvalue weighted by molar-refractivity contribution is -0.120. The van der Waals surface area contributed by atoms with Crippen molar-refractivity contribution in [1.29, 1.82) is 0 Å². The van der Waals surface area contributed by atoms with Crippen molar-refractivity contribution in [2.24, 2.45) is 17.8 Å². The molecule has 2 aromatic rings. The Morgan fingerprint density at radius 1 is 1.06 bits per heavy atom. The van der Waals surface area contributed by atoms with Gasteiger partial charge in [-0.05, 0) is 117 Å². The predicted octanol–water partition coefficient (Wildman–Crippen LogP) is 5.16. The quantitative estimate of drug-likeness (QED) is 0.407. The number of piperazine rings is 1. The fourth-order valence-electron chi connectivity index (χ4n) is 10.4. The first kappa shape index (κ1) is 36.6. The molecule has 52 heavy (non-hydrogen) atoms. The van der Waals surface area contributed by atoms with E-state index in [1.165, 1.54) is 11.1 Å². The number of aliphatic hydroxyl groups is 1. The van der Waals surface area contributed by atoms with E-state index < -0.39 is 15.3 Å². The van der Waals surface area contributed by atoms with E-state index in [4.69, 9.17) is 21.1 Å². The fraction of sp³-hybridized carbons (Fsp3) is 0.659. The number of benzene rings is 2. The third-order valence-electron chi connectivity index (χ3n) is 13.8. The van der Waals surface area contributed by atoms with E-state index in [9.17, 15) is 14.1 Å². The SMILES string of the molecule is C=S1(=O)NC(=O)c2ccc3c(c2)N(C[C@@H]2CC[C@H]2[C@@](O)(CN2CCN4CCOC[C@H]4C2)CCC[C@H](C)[C@H]1C)C[C@@]1(CCCc2cc(Cl)ccc21)CO3. The summed E-state index contributed by atoms with van der Waals surface area (Å²) < 4.78 is 29.4. The number of aryl methyl sites for hydroxylation is 1. The summed E-state index contributed by atoms with van der Waals surface area (Å²) in [4.78, 5) is 21.3. The van der Waals surface area contributed by atoms with Gasteiger partial charge >= 0.3 is 0 Å². The molecule has 6 aliphatic rings. The zero-order chi connectivity index (χ0) is 36.3. The molecule has 1 amide bonds. The van der Waals surface area contributed by atoms with Crippen molar-refractivity contribution >= 4 is 38.8 Å². The molecule has 1 spiro atoms. The van der Waals surface area contributed by atoms with Crippen LogP contribution in [0, 0.1) is 17.8 Å². The van der Waals surface area contributed by atoms with Crippen molar-refractivity contribution in [2.75, 3.05) is 70.5 Å². The molecular formula is C41H57ClN4O5S. The molecule has 1 saturated carbocycles. The van der Waals surface area contributed by atoms with Gasteiger partial charge in [0.15, 0.2) is 0 Å². The topological polar surface area (TPSA) is 94.6 Å². The van der Waals surface area contributed by atoms with Crippen LogP contribution < -0.4 is 14.4 Å². The maximum atomic E-state index is 14.0. The van der Waals surface area contributed by atoms with Crippen LogP contribution in [0.2, 0.25) is 5.02 Å². The van der Waals surface area contributed by atoms with Crippen molar-refractivity contribution in [2.45, 2.75) is 87.5 Å². The molecule has 8 atom stereocenters. The van der Waals surface area contributed by atoms with Crippen LogP contribution in [0.25, 0.3) is 0 Å². The first-order valence-corrected chi connectivity index (χ1v) is 21.9. The van der Waals surface area contributed by atoms with E-state index in [0.29, 0.717) is 37.1 Å². The molecule has 4 heterocycles. The Kier molecular flexibility index (Phi) is 10.1. The van der Waals surface area contributed by atoms with E-state index in [-0.39, 0.29) is 28.4 Å². The molecule has 284 valence electrons. The van der Waals surface area contributed by atoms with Crippen molar-refractivity contribution in [3.63, 3.8) is 0 Å². The molecule has 2 saturated heterocycles. The molecule has 0 radical (unpaired) electrons. The van der Waals surface area contributed by atoms with E-state index in [2.05, 4.69) is 44.3 Å². The zero-order valence-corrected chi connectivity index (χ0v) is 32.6. The van der Waals surface area contributed by atoms with E-state index in [1.807, 2.05) is 25.1 Å². The van der Waals surface area contributed by atoms with E-state index in [0.717, 1.165) is 114 Å². The van der Waals surface area contributed by atoms with E-state index >= 15 is 0 Å². The average molecular weight is 753 g/mol. The van der Waals surface area contributed by atoms with Crippen LogP contribution in [0.15, 0.2) is 36.4 Å². The maximum absolute atomic E-state index is 14.0. The molecule has 2 N–H and O–H groups in total. The van der Waals surface area contributed by atoms with Crippen LogP contribution in [0.5, 0.6) is 5.75 Å². The molecule has 2 bridgehead atoms. The number of amides is 1. The second-order valence-corrected chi connectivity index (χ2v) is 19.9. The van der Waals surface area contributed by atoms with Gasteiger partial charge in [0, 0.05) is 73.1 Å². The van der Waals surface area contributed by atoms with Gasteiger partial charge in [0.1, 0.15) is 5.75 Å². The second-order valence-electron chi connectivity index (χ2n) is 17.1. The lowest BCUT2D eigenvalue weighted by Crippen LogP contribution is -2.62. The van der Waals surface area contributed by atoms with Crippen LogP contribution in [0.1, 0.15) is 80.3 Å². The Morgan fingerprint density at radius 2 is 1.92 bits per heavy atom. The highest BCUT2D eigenvalue weighted by Crippen LogP contribution is 2.49. The zero-order valence-electron chi connectivity index (χ0n) is 31.0. The number of halogens is 1. The summed E-state index contributed by atoms with van der Waals surface area (Å²) in [7, 11) is -2.95. The minimum atomic E-state index is -2.95. The molecule has 3 fully saturated rings. The number of ether oxygens (including phenoxy) is 2. The Labute approximate surface area is 315 Å². The summed E-state index contributed by atoms with van der Waals surface area (Å²) in [6, 6.07) is 12.3. The van der Waals surface area contributed by atoms with Gasteiger partial charge in [-0.15, -0.1) is 0 Å². The Hall–Kier alpha value is -2.34. The average Bonchev–Trinajstić information content (AvgIpc) is 3.25. The number of morpholine rings is 1. The minimum Gasteiger partial charge on any atom is -0.490 e. The number of nitrogens with one attached hydrogen (secondary N) is 1. The van der Waals surface area contributed by atoms with Crippen molar-refractivity contribution in [3.8, 4) is 5.75 Å². The summed E-state index contributed by atoms with van der Waals surface area (Å²) in [5, 5.41) is 13.4. The molecule has 2 aliphatic carbocycles. The van der Waals surface area contributed by atoms with Crippen molar-refractivity contribution in [1.82, 2.24) is 14.5 Å². The molecular weight excluding hydrogens is 696 g/mol. The van der Waals surface area contributed by atoms with Gasteiger partial charge in [0.25, 0.3) is 5.91 Å². The van der Waals surface area contributed by atoms with Gasteiger partial charge in [0.05, 0.1) is 40.8 Å². The number of carbonyl (C=O) groups excluding carboxylic acids is 1. The number of hydrogen-bond donors (Lipinski definition) is 2. The number of nitrogens with zero attached hydrogens (tertiary/aromatic N) is 3. The van der Waals surface area contributed by atoms with Gasteiger partial charge in [-0.3, -0.25) is 19.3 Å². The van der Waals surface area contributed by atoms with Gasteiger partial charge < -0.3 is 19.5 Å². The number of anilines is 1. The maximum Gasteiger partial charge on any atom is 0.262 e. The van der Waals surface area contributed by atoms with Gasteiger partial charge in [0.2, 0.25) is 0 Å². The predicted molar refractivity (Wildman–Crippen MR) is 209 cm³/mol. The fourth-order valence-corrected chi connectivity index (χ4v) is 12.1. The Balaban J connectivity index is 1.16. The monoisotopic (exact) mass is 752 g/mol. The highest BCUT2D eigenvalue weighted by molar-refractivity contribution is 7.99. The summed E-state index contributed by atoms with van der Waals surface area (Å²) in [6.45, 7) is 12.2. The molecule has 1 unspecified atom stereocenters. The van der Waals surface area contributed by atoms with Crippen LogP contribution in [0.4, 0.5) is 5.69 Å². The third kappa shape index (κ3) is 7.01. The number of hydrogen-bond acceptors (Lipinski definition) is 8. The smallest absolute Gasteiger partial charge is 0.262 e. The molecule has 8 rings (SSSR count). The van der Waals surface area contributed by atoms with Crippen LogP contribution in [-0.2, 0) is 26.3 Å². The number of fused-ring (bicyclic) bond motifs is 5. The lowest BCUT2D eigenvalue weighted by atomic mass is 9.62. The number of rotatable bonds is 2. The second kappa shape index (κ2) is 14.4. The Bertz CT molecular complexity index is 1770. The van der Waals surface area contributed by atoms with Crippen LogP contribution >= 0.6 is 11.6 Å². The molecule has 4 aliphatic heterocycles. The van der Waals surface area contributed by atoms with Gasteiger partial charge in [-0.25, -0.2) is 4.21 Å². The number of carbonyl (C=O) groups is 1. The molecule has 11 heteroatoms. The van der Waals surface area contributed by atoms with E-state index in [1.54, 1.807) is 6.07 Å². The highest BCUT2D eigenvalue weighted by Gasteiger charge is 2.50. The lowest BCUT2D eigenvalue weighted by Gasteiger charge is -2.53. The molecule has 0 aromatic heterocycles. The van der Waals surface area contributed by atoms with Crippen LogP contribution in [0.3, 0.4) is 0 Å². The largest absolute Gasteiger partial charge is 0.490 e. The summed E-state index contributed by atoms with van der Waals surface area (Å²) in [6.07, 6.45) is 7.42. The van der Waals surface area contributed by atoms with Crippen molar-refractivity contribution < 1.29 is 23.6 Å². The minimum absolute atomic E-state index is 0.0583. The summed E-state index contributed by atoms with van der Waals surface area (Å²) in [5.74, 6) is 4.95. The van der Waals surface area contributed by atoms with Crippen molar-refractivity contribution in [3.05, 3.63) is 58.1 Å². The van der Waals surface area contributed by atoms with Gasteiger partial charge in [-0.1, -0.05) is 31.0 Å². The molecule has 2 aromatic carbocycles. The normalized spacial score (nSPS) is 37.4. The third-order valence-corrected chi connectivity index (χ3v) is 16.2. The summed E-state index contributed by atoms with van der Waals surface area (Å²) >= 11 is 6.51. The standard InChI is InChI=1S/C41H57ClN4O5S/c1-28-6-4-15-41(48,26-44-16-17-45-18-19-50-24-34(45)23-44)36-11-8-32(36)22-46-25-40(14-5-7-30-20-33(42)10-12-35(30)40)27-51-38-13-9-31(21-37(38)46)39(47)43-52(3,49)29(28)2/h9-10,12-13,20-21,28-29,32,34,36,48H,3-8,11,14-19,22-27H2,1-2H3,(H,43,47,49)/t28-,29+,32-,34+,36+,40-,41-,52?/m0/s1. The van der Waals surface area contributed by atoms with Gasteiger partial charge in [-0.2, -0.15) is 0 Å². The summed E-state index contributed by atoms with van der Waals surface area (Å²) in [5.41, 5.74) is 2.83. The molecule has 9 nitrogen and oxygen atoms in total. The number of β-amino-alcohol motifs (C(OH)–C–C–N with tert-alkyl or cyclic N) is 1. The first-order valence-electron chi connectivity index (χ1n) is 19.7. The Morgan fingerprint density at radius 3 is 2.75 bits per heavy atom. The first-order chi connectivity index (χ1) is 24.9. The highest BCUT2D eigenvalue weighted by atomic mass is 35.5.